The van der Waals surface area contributed by atoms with Gasteiger partial charge in [0.25, 0.3) is 6.71 Å². The molecule has 0 bridgehead atoms. The van der Waals surface area contributed by atoms with Crippen LogP contribution in [0.15, 0.2) is 447 Å². The average Bonchev–Trinajstić information content (AvgIpc) is 1.10. The third-order valence-corrected chi connectivity index (χ3v) is 26.9. The Kier molecular flexibility index (Phi) is 11.8. The minimum atomic E-state index is -0.994. The predicted molar refractivity (Wildman–Crippen MR) is 544 cm³/mol. The lowest BCUT2D eigenvalue weighted by molar-refractivity contribution is 0.669. The molecule has 0 N–H and O–H groups in total. The molecule has 26 aromatic rings. The van der Waals surface area contributed by atoms with Crippen molar-refractivity contribution in [3.63, 3.8) is 0 Å². The van der Waals surface area contributed by atoms with Gasteiger partial charge in [0.05, 0.1) is 58.1 Å². The number of hydrogen-bond acceptors (Lipinski definition) is 3. The van der Waals surface area contributed by atoms with Crippen molar-refractivity contribution in [2.75, 3.05) is 9.80 Å². The fourth-order valence-electron chi connectivity index (χ4n) is 21.6. The number of benzene rings is 23. The third kappa shape index (κ3) is 10.2. The zero-order chi connectivity index (χ0) is 99.2. The Labute approximate surface area is 762 Å². The highest BCUT2D eigenvalue weighted by Crippen LogP contribution is 2.58. The summed E-state index contributed by atoms with van der Waals surface area (Å²) in [6, 6.07) is 104. The summed E-state index contributed by atoms with van der Waals surface area (Å²) in [5.41, 5.74) is 13.1. The van der Waals surface area contributed by atoms with E-state index in [9.17, 15) is 24.7 Å². The molecule has 0 atom stereocenters. The molecular weight excluding hydrogens is 1550 g/mol. The van der Waals surface area contributed by atoms with Gasteiger partial charge in [-0.25, -0.2) is 0 Å². The smallest absolute Gasteiger partial charge is 0.252 e. The van der Waals surface area contributed by atoms with Crippen LogP contribution in [0.25, 0.3) is 219 Å². The van der Waals surface area contributed by atoms with Gasteiger partial charge < -0.3 is 23.4 Å². The highest BCUT2D eigenvalue weighted by molar-refractivity contribution is 7.00. The number of nitrogens with zero attached hydrogens (tertiary/aromatic N) is 4. The largest absolute Gasteiger partial charge is 0.456 e. The average molecular weight is 1640 g/mol. The van der Waals surface area contributed by atoms with Crippen molar-refractivity contribution in [3.05, 3.63) is 442 Å². The molecule has 0 saturated carbocycles. The first-order chi connectivity index (χ1) is 71.0. The molecular formula is C122H73BN4O. The van der Waals surface area contributed by atoms with Gasteiger partial charge in [-0.2, -0.15) is 0 Å². The third-order valence-electron chi connectivity index (χ3n) is 26.9. The van der Waals surface area contributed by atoms with Gasteiger partial charge in [0.1, 0.15) is 11.2 Å². The molecule has 590 valence electrons. The molecule has 28 rings (SSSR count). The van der Waals surface area contributed by atoms with Crippen molar-refractivity contribution < 1.29 is 29.1 Å². The van der Waals surface area contributed by atoms with Gasteiger partial charge in [-0.3, -0.25) is 0 Å². The summed E-state index contributed by atoms with van der Waals surface area (Å²) in [5, 5.41) is 15.8. The van der Waals surface area contributed by atoms with E-state index in [0.717, 1.165) is 119 Å². The normalized spacial score (nSPS) is 14.6. The number of rotatable bonds is 9. The van der Waals surface area contributed by atoms with E-state index in [-0.39, 0.29) is 67.1 Å². The highest BCUT2D eigenvalue weighted by atomic mass is 16.3. The Morgan fingerprint density at radius 1 is 0.219 bits per heavy atom. The number of para-hydroxylation sites is 7. The standard InChI is InChI=1S/C122H73BN4O/c1-5-33-86-74(25-1)55-59-78-29-19-42-95(116(78)86)99-46-23-47-100(96-43-20-30-79-60-56-75-26-2-6-34-87(75)117(79)96)121(99)126-110-72-84(124-106-50-14-9-37-90(106)91-38-10-15-51-107(91)124)64-66-104(110)123-105-67-65-85(125-108-52-16-11-39-92(108)93-40-12-17-53-109(93)125)73-111(105)127(113-71-83(70-112(126)120(113)123)82-63-68-115-103(69-82)94-41-13-18-54-114(94)128-115)122-101(97-44-21-31-80-61-57-76-27-3-7-35-88(76)118(80)97)48-24-49-102(122)98-45-22-32-81-62-58-77-28-4-8-36-89(77)119(81)98/h1-73H/i9D,10D,11D,12D,14D,15D,16D,17D,23D,24D,37D,38D,39D,40D,50D,51D,52D,53D. The lowest BCUT2D eigenvalue weighted by atomic mass is 9.33. The summed E-state index contributed by atoms with van der Waals surface area (Å²) >= 11 is 0. The van der Waals surface area contributed by atoms with E-state index >= 15 is 0 Å². The Balaban J connectivity index is 0.878. The molecule has 2 aliphatic rings. The van der Waals surface area contributed by atoms with Gasteiger partial charge in [0.15, 0.2) is 0 Å². The van der Waals surface area contributed by atoms with Crippen molar-refractivity contribution in [1.29, 1.82) is 0 Å². The molecule has 0 unspecified atom stereocenters. The summed E-state index contributed by atoms with van der Waals surface area (Å²) in [4.78, 5) is 4.58. The maximum Gasteiger partial charge on any atom is 0.252 e. The second-order valence-corrected chi connectivity index (χ2v) is 33.4. The van der Waals surface area contributed by atoms with Crippen molar-refractivity contribution in [3.8, 4) is 67.0 Å². The maximum atomic E-state index is 10.8. The maximum absolute atomic E-state index is 10.8. The van der Waals surface area contributed by atoms with Crippen LogP contribution in [0, 0.1) is 0 Å². The summed E-state index contributed by atoms with van der Waals surface area (Å²) in [7, 11) is 0. The van der Waals surface area contributed by atoms with Crippen LogP contribution in [0.5, 0.6) is 0 Å². The van der Waals surface area contributed by atoms with Gasteiger partial charge in [-0.15, -0.1) is 0 Å². The second kappa shape index (κ2) is 27.4. The summed E-state index contributed by atoms with van der Waals surface area (Å²) in [6.45, 7) is -0.994. The van der Waals surface area contributed by atoms with Gasteiger partial charge >= 0.3 is 0 Å². The molecule has 0 aliphatic carbocycles. The minimum Gasteiger partial charge on any atom is -0.456 e. The SMILES string of the molecule is [2H]c1cc(-c2cccc3ccc4ccccc4c23)c(N2c3cc(-n4c5c([2H])c([2H])c([2H])c([2H])c5c5c([2H])c([2H])c([2H])c([2H])c54)ccc3B3c4ccc(-n5c6c([2H])c([2H])c([2H])c([2H])c6c6c([2H])c([2H])c([2H])c([2H])c65)cc4N(c4c(-c5cccc6ccc7ccccc7c56)cc([2H])cc4-c4cccc5ccc6ccccc6c45)c4cc(-c5ccc6oc7ccccc7c6c5)cc2c43)c(-c2cccc3ccc4ccccc4c23)c1. The monoisotopic (exact) mass is 1640 g/mol. The van der Waals surface area contributed by atoms with E-state index < -0.39 is 103 Å². The molecule has 5 heterocycles. The minimum absolute atomic E-state index is 0.118. The quantitative estimate of drug-likeness (QED) is 0.107. The Morgan fingerprint density at radius 2 is 0.547 bits per heavy atom. The number of hydrogen-bond donors (Lipinski definition) is 0. The number of aromatic nitrogens is 2. The molecule has 5 nitrogen and oxygen atoms in total. The van der Waals surface area contributed by atoms with E-state index in [1.165, 1.54) is 0 Å². The van der Waals surface area contributed by atoms with Crippen LogP contribution in [0.4, 0.5) is 34.1 Å². The van der Waals surface area contributed by atoms with Crippen molar-refractivity contribution in [2.45, 2.75) is 0 Å². The van der Waals surface area contributed by atoms with Gasteiger partial charge in [-0.05, 0) is 215 Å². The van der Waals surface area contributed by atoms with Crippen molar-refractivity contribution in [2.24, 2.45) is 0 Å². The van der Waals surface area contributed by atoms with E-state index in [0.29, 0.717) is 95.1 Å². The van der Waals surface area contributed by atoms with E-state index in [4.69, 9.17) is 4.42 Å². The van der Waals surface area contributed by atoms with Crippen LogP contribution in [0.2, 0.25) is 0 Å². The van der Waals surface area contributed by atoms with E-state index in [2.05, 4.69) is 180 Å². The molecule has 0 amide bonds. The highest BCUT2D eigenvalue weighted by Gasteiger charge is 2.46. The Morgan fingerprint density at radius 3 is 0.930 bits per heavy atom. The molecule has 128 heavy (non-hydrogen) atoms. The summed E-state index contributed by atoms with van der Waals surface area (Å²) in [6.07, 6.45) is 0. The zero-order valence-electron chi connectivity index (χ0n) is 86.0. The summed E-state index contributed by atoms with van der Waals surface area (Å²) in [5.74, 6) is 0. The first-order valence-electron chi connectivity index (χ1n) is 51.9. The molecule has 3 aromatic heterocycles. The lowest BCUT2D eigenvalue weighted by Crippen LogP contribution is -2.61. The first-order valence-corrected chi connectivity index (χ1v) is 42.9. The topological polar surface area (TPSA) is 29.5 Å². The fraction of sp³-hybridized carbons (Fsp3) is 0. The van der Waals surface area contributed by atoms with Gasteiger partial charge in [0, 0.05) is 88.7 Å². The van der Waals surface area contributed by atoms with Crippen LogP contribution in [0.3, 0.4) is 0 Å². The number of fused-ring (bicyclic) bond motifs is 25. The molecule has 6 heteroatoms. The van der Waals surface area contributed by atoms with E-state index in [1.807, 2.05) is 164 Å². The van der Waals surface area contributed by atoms with E-state index in [1.54, 1.807) is 9.13 Å². The van der Waals surface area contributed by atoms with Crippen LogP contribution < -0.4 is 26.2 Å². The molecule has 0 fully saturated rings. The zero-order valence-corrected chi connectivity index (χ0v) is 68.0. The summed E-state index contributed by atoms with van der Waals surface area (Å²) < 4.78 is 188. The molecule has 0 saturated heterocycles. The van der Waals surface area contributed by atoms with Crippen molar-refractivity contribution in [1.82, 2.24) is 9.13 Å². The molecule has 23 aromatic carbocycles. The fourth-order valence-corrected chi connectivity index (χ4v) is 21.6. The Bertz CT molecular complexity index is 9570. The number of furan rings is 1. The van der Waals surface area contributed by atoms with Crippen molar-refractivity contribution >= 4 is 209 Å². The van der Waals surface area contributed by atoms with Crippen LogP contribution in [0.1, 0.15) is 24.7 Å². The Hall–Kier alpha value is -16.8. The van der Waals surface area contributed by atoms with Crippen LogP contribution >= 0.6 is 0 Å². The van der Waals surface area contributed by atoms with Crippen LogP contribution in [-0.2, 0) is 0 Å². The van der Waals surface area contributed by atoms with Gasteiger partial charge in [0.2, 0.25) is 0 Å². The molecule has 2 aliphatic heterocycles. The first kappa shape index (κ1) is 55.4. The lowest BCUT2D eigenvalue weighted by Gasteiger charge is -2.46. The predicted octanol–water partition coefficient (Wildman–Crippen LogP) is 31.4. The molecule has 0 spiro atoms. The van der Waals surface area contributed by atoms with Crippen LogP contribution in [-0.4, -0.2) is 15.8 Å². The van der Waals surface area contributed by atoms with Gasteiger partial charge in [-0.1, -0.05) is 364 Å². The molecule has 0 radical (unpaired) electrons. The second-order valence-electron chi connectivity index (χ2n) is 33.4. The number of anilines is 6.